The molecule has 4 N–H and O–H groups in total. The largest absolute Gasteiger partial charge is 0.465 e. The fourth-order valence-electron chi connectivity index (χ4n) is 4.84. The summed E-state index contributed by atoms with van der Waals surface area (Å²) in [5.74, 6) is -0.641. The van der Waals surface area contributed by atoms with E-state index in [0.29, 0.717) is 31.7 Å². The van der Waals surface area contributed by atoms with Crippen LogP contribution in [0.3, 0.4) is 0 Å². The minimum Gasteiger partial charge on any atom is -0.465 e. The van der Waals surface area contributed by atoms with Crippen LogP contribution in [0, 0.1) is 27.7 Å². The SMILES string of the molecule is COC(=O)c1cnn(-c2nnc(C)s2)c1N=Nc1c(C)nn(-c2cc(-n3nc(C)c(N=Nc4c(C(=O)OC)cnn4-c4nnc(C)s4)c3N)ncn2)c1N. The Balaban J connectivity index is 1.21. The highest BCUT2D eigenvalue weighted by Gasteiger charge is 2.24. The Bertz CT molecular complexity index is 2450. The monoisotopic (exact) mass is 770 g/mol. The van der Waals surface area contributed by atoms with E-state index in [1.807, 2.05) is 0 Å². The lowest BCUT2D eigenvalue weighted by Gasteiger charge is -2.06. The van der Waals surface area contributed by atoms with Crippen LogP contribution in [0.1, 0.15) is 42.1 Å². The third kappa shape index (κ3) is 6.29. The number of rotatable bonds is 10. The minimum atomic E-state index is -0.677. The van der Waals surface area contributed by atoms with Crippen molar-refractivity contribution in [3.05, 3.63) is 57.3 Å². The topological polar surface area (TPSA) is 303 Å². The number of azo groups is 2. The van der Waals surface area contributed by atoms with Crippen molar-refractivity contribution in [1.29, 1.82) is 0 Å². The highest BCUT2D eigenvalue weighted by atomic mass is 32.1. The van der Waals surface area contributed by atoms with E-state index < -0.39 is 11.9 Å². The highest BCUT2D eigenvalue weighted by molar-refractivity contribution is 7.13. The van der Waals surface area contributed by atoms with Crippen LogP contribution >= 0.6 is 22.7 Å². The number of nitrogen functional groups attached to an aromatic ring is 2. The molecule has 7 rings (SSSR count). The molecule has 24 nitrogen and oxygen atoms in total. The van der Waals surface area contributed by atoms with E-state index in [1.165, 1.54) is 80.4 Å². The van der Waals surface area contributed by atoms with E-state index in [4.69, 9.17) is 20.9 Å². The predicted octanol–water partition coefficient (Wildman–Crippen LogP) is 3.72. The second kappa shape index (κ2) is 14.1. The Kier molecular flexibility index (Phi) is 9.17. The summed E-state index contributed by atoms with van der Waals surface area (Å²) in [6.07, 6.45) is 3.87. The Morgan fingerprint density at radius 1 is 0.648 bits per heavy atom. The summed E-state index contributed by atoms with van der Waals surface area (Å²) in [6, 6.07) is 1.54. The van der Waals surface area contributed by atoms with Gasteiger partial charge in [-0.25, -0.2) is 19.6 Å². The van der Waals surface area contributed by atoms with Crippen molar-refractivity contribution in [2.24, 2.45) is 20.5 Å². The molecule has 7 aromatic rings. The van der Waals surface area contributed by atoms with Gasteiger partial charge in [0, 0.05) is 6.07 Å². The van der Waals surface area contributed by atoms with Crippen LogP contribution in [0.4, 0.5) is 34.6 Å². The van der Waals surface area contributed by atoms with E-state index in [-0.39, 0.29) is 57.4 Å². The number of hydrogen-bond donors (Lipinski definition) is 2. The summed E-state index contributed by atoms with van der Waals surface area (Å²) >= 11 is 2.48. The maximum absolute atomic E-state index is 12.5. The first-order valence-electron chi connectivity index (χ1n) is 15.3. The number of aryl methyl sites for hydroxylation is 4. The van der Waals surface area contributed by atoms with Crippen LogP contribution in [0.15, 0.2) is 45.2 Å². The number of esters is 2. The molecule has 7 heterocycles. The van der Waals surface area contributed by atoms with Crippen LogP contribution < -0.4 is 11.5 Å². The molecule has 0 aromatic carbocycles. The van der Waals surface area contributed by atoms with Gasteiger partial charge in [-0.2, -0.15) is 39.1 Å². The van der Waals surface area contributed by atoms with E-state index in [0.717, 1.165) is 0 Å². The third-order valence-corrected chi connectivity index (χ3v) is 9.01. The Labute approximate surface area is 310 Å². The molecule has 0 atom stereocenters. The standard InChI is InChI=1S/C28H26N20O4S2/c1-11-19(37-39-23-15(25(49)51-5)8-33-47(23)27-41-35-13(3)53-27)21(29)45(43-11)17-7-18(32-10-31-17)46-22(30)20(12(2)44-46)38-40-24-16(26(50)52-6)9-34-48(24)28-42-36-14(4)54-28/h7-10H,29-30H2,1-6H3. The van der Waals surface area contributed by atoms with Gasteiger partial charge in [-0.3, -0.25) is 0 Å². The highest BCUT2D eigenvalue weighted by Crippen LogP contribution is 2.35. The molecule has 0 unspecified atom stereocenters. The van der Waals surface area contributed by atoms with Gasteiger partial charge in [0.2, 0.25) is 10.3 Å². The number of methoxy groups -OCH3 is 2. The fraction of sp³-hybridized carbons (Fsp3) is 0.214. The Hall–Kier alpha value is -7.22. The molecule has 0 aliphatic heterocycles. The number of nitrogens with zero attached hydrogens (tertiary/aromatic N) is 18. The van der Waals surface area contributed by atoms with Crippen molar-refractivity contribution < 1.29 is 19.1 Å². The molecule has 0 saturated heterocycles. The zero-order chi connectivity index (χ0) is 38.3. The summed E-state index contributed by atoms with van der Waals surface area (Å²) in [5, 5.41) is 53.0. The maximum Gasteiger partial charge on any atom is 0.343 e. The van der Waals surface area contributed by atoms with Gasteiger partial charge in [0.25, 0.3) is 0 Å². The molecule has 274 valence electrons. The first kappa shape index (κ1) is 35.2. The van der Waals surface area contributed by atoms with Crippen LogP contribution in [0.25, 0.3) is 21.9 Å². The first-order valence-corrected chi connectivity index (χ1v) is 16.9. The molecular formula is C28H26N20O4S2. The zero-order valence-electron chi connectivity index (χ0n) is 29.0. The number of carbonyl (C=O) groups is 2. The van der Waals surface area contributed by atoms with Crippen LogP contribution in [-0.4, -0.2) is 95.6 Å². The second-order valence-electron chi connectivity index (χ2n) is 10.9. The minimum absolute atomic E-state index is 0.0469. The van der Waals surface area contributed by atoms with Crippen molar-refractivity contribution in [1.82, 2.24) is 69.5 Å². The maximum atomic E-state index is 12.5. The average Bonchev–Trinajstić information content (AvgIpc) is 4.03. The fourth-order valence-corrected chi connectivity index (χ4v) is 6.14. The molecule has 0 saturated carbocycles. The lowest BCUT2D eigenvalue weighted by Crippen LogP contribution is -2.09. The number of anilines is 2. The molecule has 0 fully saturated rings. The Morgan fingerprint density at radius 3 is 1.44 bits per heavy atom. The molecule has 7 aromatic heterocycles. The molecule has 0 bridgehead atoms. The van der Waals surface area contributed by atoms with Gasteiger partial charge in [-0.1, -0.05) is 22.7 Å². The number of aromatic nitrogens is 14. The normalized spacial score (nSPS) is 11.7. The van der Waals surface area contributed by atoms with Crippen LogP contribution in [0.2, 0.25) is 0 Å². The van der Waals surface area contributed by atoms with Crippen molar-refractivity contribution in [2.75, 3.05) is 25.7 Å². The predicted molar refractivity (Wildman–Crippen MR) is 189 cm³/mol. The number of hydrogen-bond acceptors (Lipinski definition) is 22. The molecule has 54 heavy (non-hydrogen) atoms. The van der Waals surface area contributed by atoms with Gasteiger partial charge in [-0.15, -0.1) is 40.9 Å². The van der Waals surface area contributed by atoms with Crippen LogP contribution in [0.5, 0.6) is 0 Å². The van der Waals surface area contributed by atoms with Crippen molar-refractivity contribution >= 4 is 69.3 Å². The lowest BCUT2D eigenvalue weighted by molar-refractivity contribution is 0.0592. The van der Waals surface area contributed by atoms with E-state index in [9.17, 15) is 9.59 Å². The molecule has 0 amide bonds. The summed E-state index contributed by atoms with van der Waals surface area (Å²) in [4.78, 5) is 33.7. The van der Waals surface area contributed by atoms with Gasteiger partial charge in [0.05, 0.1) is 38.0 Å². The third-order valence-electron chi connectivity index (χ3n) is 7.38. The molecule has 0 aliphatic carbocycles. The van der Waals surface area contributed by atoms with E-state index >= 15 is 0 Å². The summed E-state index contributed by atoms with van der Waals surface area (Å²) in [6.45, 7) is 6.90. The molecule has 0 aliphatic rings. The van der Waals surface area contributed by atoms with Crippen molar-refractivity contribution in [3.63, 3.8) is 0 Å². The van der Waals surface area contributed by atoms with E-state index in [1.54, 1.807) is 27.7 Å². The summed E-state index contributed by atoms with van der Waals surface area (Å²) < 4.78 is 15.1. The second-order valence-corrected chi connectivity index (χ2v) is 13.2. The van der Waals surface area contributed by atoms with Crippen molar-refractivity contribution in [2.45, 2.75) is 27.7 Å². The number of ether oxygens (including phenoxy) is 2. The zero-order valence-corrected chi connectivity index (χ0v) is 30.6. The first-order chi connectivity index (χ1) is 26.0. The van der Waals surface area contributed by atoms with Gasteiger partial charge >= 0.3 is 11.9 Å². The molecule has 0 spiro atoms. The Morgan fingerprint density at radius 2 is 1.07 bits per heavy atom. The van der Waals surface area contributed by atoms with Crippen LogP contribution in [-0.2, 0) is 9.47 Å². The summed E-state index contributed by atoms with van der Waals surface area (Å²) in [7, 11) is 2.48. The number of carbonyl (C=O) groups excluding carboxylic acids is 2. The van der Waals surface area contributed by atoms with Gasteiger partial charge in [0.1, 0.15) is 27.5 Å². The molecule has 0 radical (unpaired) electrons. The van der Waals surface area contributed by atoms with Gasteiger partial charge < -0.3 is 20.9 Å². The van der Waals surface area contributed by atoms with E-state index in [2.05, 4.69) is 71.2 Å². The summed E-state index contributed by atoms with van der Waals surface area (Å²) in [5.41, 5.74) is 14.3. The average molecular weight is 771 g/mol. The number of nitrogens with two attached hydrogens (primary N) is 2. The smallest absolute Gasteiger partial charge is 0.343 e. The van der Waals surface area contributed by atoms with Crippen molar-refractivity contribution in [3.8, 4) is 21.9 Å². The molecule has 26 heteroatoms. The van der Waals surface area contributed by atoms with Gasteiger partial charge in [0.15, 0.2) is 46.3 Å². The quantitative estimate of drug-likeness (QED) is 0.148. The lowest BCUT2D eigenvalue weighted by atomic mass is 10.3. The molecular weight excluding hydrogens is 745 g/mol. The van der Waals surface area contributed by atoms with Gasteiger partial charge in [-0.05, 0) is 27.7 Å².